The predicted octanol–water partition coefficient (Wildman–Crippen LogP) is 1.01. The van der Waals surface area contributed by atoms with Crippen LogP contribution in [-0.4, -0.2) is 75.2 Å². The Morgan fingerprint density at radius 1 is 1.08 bits per heavy atom. The normalized spacial score (nSPS) is 19.7. The van der Waals surface area contributed by atoms with Gasteiger partial charge in [0.25, 0.3) is 0 Å². The van der Waals surface area contributed by atoms with Crippen LogP contribution in [0.4, 0.5) is 0 Å². The summed E-state index contributed by atoms with van der Waals surface area (Å²) < 4.78 is 24.7. The molecule has 1 aromatic rings. The number of hydrogen-bond acceptors (Lipinski definition) is 5. The van der Waals surface area contributed by atoms with E-state index >= 15 is 0 Å². The van der Waals surface area contributed by atoms with Crippen molar-refractivity contribution in [1.29, 1.82) is 0 Å². The van der Waals surface area contributed by atoms with E-state index in [-0.39, 0.29) is 11.7 Å². The fourth-order valence-corrected chi connectivity index (χ4v) is 4.30. The van der Waals surface area contributed by atoms with E-state index in [0.29, 0.717) is 29.0 Å². The standard InChI is InChI=1S/C17H24ClN3O3S/c18-14-1-5-16(6-2-14)25(23,24)12-11-20-7-9-21(10-8-20)13-17(22)19-15-3-4-15/h1-2,5-6,15H,3-4,7-13H2,(H,19,22). The van der Waals surface area contributed by atoms with E-state index in [1.54, 1.807) is 24.3 Å². The van der Waals surface area contributed by atoms with E-state index in [1.165, 1.54) is 0 Å². The summed E-state index contributed by atoms with van der Waals surface area (Å²) in [5, 5.41) is 3.53. The van der Waals surface area contributed by atoms with Crippen LogP contribution in [0.3, 0.4) is 0 Å². The smallest absolute Gasteiger partial charge is 0.234 e. The van der Waals surface area contributed by atoms with Gasteiger partial charge in [0.1, 0.15) is 0 Å². The highest BCUT2D eigenvalue weighted by molar-refractivity contribution is 7.91. The second kappa shape index (κ2) is 8.03. The zero-order valence-electron chi connectivity index (χ0n) is 14.2. The third kappa shape index (κ3) is 5.67. The van der Waals surface area contributed by atoms with Gasteiger partial charge in [-0.15, -0.1) is 0 Å². The SMILES string of the molecule is O=C(CN1CCN(CCS(=O)(=O)c2ccc(Cl)cc2)CC1)NC1CC1. The summed E-state index contributed by atoms with van der Waals surface area (Å²) in [4.78, 5) is 16.4. The summed E-state index contributed by atoms with van der Waals surface area (Å²) in [6, 6.07) is 6.69. The van der Waals surface area contributed by atoms with E-state index in [2.05, 4.69) is 15.1 Å². The summed E-state index contributed by atoms with van der Waals surface area (Å²) in [5.41, 5.74) is 0. The number of nitrogens with one attached hydrogen (secondary N) is 1. The van der Waals surface area contributed by atoms with Crippen molar-refractivity contribution in [2.45, 2.75) is 23.8 Å². The van der Waals surface area contributed by atoms with Gasteiger partial charge in [-0.2, -0.15) is 0 Å². The van der Waals surface area contributed by atoms with Crippen LogP contribution in [-0.2, 0) is 14.6 Å². The van der Waals surface area contributed by atoms with Crippen LogP contribution in [0, 0.1) is 0 Å². The highest BCUT2D eigenvalue weighted by Crippen LogP contribution is 2.18. The molecular weight excluding hydrogens is 362 g/mol. The minimum atomic E-state index is -3.29. The van der Waals surface area contributed by atoms with Crippen molar-refractivity contribution < 1.29 is 13.2 Å². The van der Waals surface area contributed by atoms with E-state index < -0.39 is 9.84 Å². The molecule has 8 heteroatoms. The molecule has 0 aromatic heterocycles. The molecule has 1 amide bonds. The molecular formula is C17H24ClN3O3S. The average molecular weight is 386 g/mol. The molecule has 0 unspecified atom stereocenters. The van der Waals surface area contributed by atoms with Gasteiger partial charge >= 0.3 is 0 Å². The summed E-state index contributed by atoms with van der Waals surface area (Å²) in [5.74, 6) is 0.192. The van der Waals surface area contributed by atoms with Gasteiger partial charge in [-0.25, -0.2) is 8.42 Å². The first kappa shape index (κ1) is 18.6. The van der Waals surface area contributed by atoms with Gasteiger partial charge in [0.05, 0.1) is 17.2 Å². The summed E-state index contributed by atoms with van der Waals surface area (Å²) in [6.45, 7) is 4.10. The Morgan fingerprint density at radius 3 is 2.28 bits per heavy atom. The molecule has 1 saturated heterocycles. The zero-order valence-corrected chi connectivity index (χ0v) is 15.7. The maximum Gasteiger partial charge on any atom is 0.234 e. The second-order valence-electron chi connectivity index (χ2n) is 6.73. The molecule has 25 heavy (non-hydrogen) atoms. The molecule has 1 aliphatic carbocycles. The molecule has 2 aliphatic rings. The molecule has 138 valence electrons. The molecule has 3 rings (SSSR count). The number of carbonyl (C=O) groups excluding carboxylic acids is 1. The second-order valence-corrected chi connectivity index (χ2v) is 9.28. The number of amides is 1. The van der Waals surface area contributed by atoms with Crippen LogP contribution in [0.15, 0.2) is 29.2 Å². The first-order chi connectivity index (χ1) is 11.9. The number of piperazine rings is 1. The number of benzene rings is 1. The Hall–Kier alpha value is -1.15. The molecule has 6 nitrogen and oxygen atoms in total. The minimum Gasteiger partial charge on any atom is -0.352 e. The molecule has 1 N–H and O–H groups in total. The molecule has 1 aliphatic heterocycles. The van der Waals surface area contributed by atoms with Crippen molar-refractivity contribution in [1.82, 2.24) is 15.1 Å². The predicted molar refractivity (Wildman–Crippen MR) is 97.5 cm³/mol. The Labute approximate surface area is 154 Å². The van der Waals surface area contributed by atoms with Crippen LogP contribution in [0.1, 0.15) is 12.8 Å². The van der Waals surface area contributed by atoms with Gasteiger partial charge in [0.2, 0.25) is 5.91 Å². The van der Waals surface area contributed by atoms with Crippen molar-refractivity contribution in [3.63, 3.8) is 0 Å². The lowest BCUT2D eigenvalue weighted by atomic mass is 10.3. The Bertz CT molecular complexity index is 696. The van der Waals surface area contributed by atoms with Crippen LogP contribution in [0.5, 0.6) is 0 Å². The van der Waals surface area contributed by atoms with Crippen molar-refractivity contribution in [3.8, 4) is 0 Å². The van der Waals surface area contributed by atoms with Crippen molar-refractivity contribution in [3.05, 3.63) is 29.3 Å². The van der Waals surface area contributed by atoms with Crippen LogP contribution < -0.4 is 5.32 Å². The first-order valence-electron chi connectivity index (χ1n) is 8.65. The van der Waals surface area contributed by atoms with Gasteiger partial charge in [0.15, 0.2) is 9.84 Å². The molecule has 0 spiro atoms. The highest BCUT2D eigenvalue weighted by atomic mass is 35.5. The third-order valence-corrected chi connectivity index (χ3v) is 6.59. The zero-order chi connectivity index (χ0) is 17.9. The van der Waals surface area contributed by atoms with Gasteiger partial charge in [0, 0.05) is 43.8 Å². The quantitative estimate of drug-likeness (QED) is 0.758. The minimum absolute atomic E-state index is 0.0940. The van der Waals surface area contributed by atoms with Gasteiger partial charge in [-0.05, 0) is 37.1 Å². The van der Waals surface area contributed by atoms with Crippen LogP contribution in [0.25, 0.3) is 0 Å². The topological polar surface area (TPSA) is 69.7 Å². The number of hydrogen-bond donors (Lipinski definition) is 1. The molecule has 1 aromatic carbocycles. The van der Waals surface area contributed by atoms with Gasteiger partial charge in [-0.1, -0.05) is 11.6 Å². The van der Waals surface area contributed by atoms with Gasteiger partial charge < -0.3 is 5.32 Å². The molecule has 0 radical (unpaired) electrons. The van der Waals surface area contributed by atoms with E-state index in [0.717, 1.165) is 39.0 Å². The van der Waals surface area contributed by atoms with E-state index in [1.807, 2.05) is 0 Å². The van der Waals surface area contributed by atoms with Crippen LogP contribution >= 0.6 is 11.6 Å². The number of carbonyl (C=O) groups is 1. The van der Waals surface area contributed by atoms with E-state index in [9.17, 15) is 13.2 Å². The maximum absolute atomic E-state index is 12.4. The van der Waals surface area contributed by atoms with Crippen molar-refractivity contribution >= 4 is 27.3 Å². The number of halogens is 1. The molecule has 1 saturated carbocycles. The lowest BCUT2D eigenvalue weighted by Gasteiger charge is -2.34. The summed E-state index contributed by atoms with van der Waals surface area (Å²) in [7, 11) is -3.29. The Kier molecular flexibility index (Phi) is 5.99. The number of sulfone groups is 1. The average Bonchev–Trinajstić information content (AvgIpc) is 3.38. The largest absolute Gasteiger partial charge is 0.352 e. The fraction of sp³-hybridized carbons (Fsp3) is 0.588. The molecule has 0 bridgehead atoms. The Morgan fingerprint density at radius 2 is 1.68 bits per heavy atom. The van der Waals surface area contributed by atoms with Crippen LogP contribution in [0.2, 0.25) is 5.02 Å². The molecule has 1 heterocycles. The fourth-order valence-electron chi connectivity index (χ4n) is 2.88. The lowest BCUT2D eigenvalue weighted by molar-refractivity contribution is -0.122. The first-order valence-corrected chi connectivity index (χ1v) is 10.7. The van der Waals surface area contributed by atoms with Gasteiger partial charge in [-0.3, -0.25) is 14.6 Å². The van der Waals surface area contributed by atoms with E-state index in [4.69, 9.17) is 11.6 Å². The highest BCUT2D eigenvalue weighted by Gasteiger charge is 2.25. The van der Waals surface area contributed by atoms with Crippen molar-refractivity contribution in [2.24, 2.45) is 0 Å². The molecule has 2 fully saturated rings. The third-order valence-electron chi connectivity index (χ3n) is 4.62. The summed E-state index contributed by atoms with van der Waals surface area (Å²) >= 11 is 5.81. The maximum atomic E-state index is 12.4. The number of nitrogens with zero attached hydrogens (tertiary/aromatic N) is 2. The lowest BCUT2D eigenvalue weighted by Crippen LogP contribution is -2.50. The Balaban J connectivity index is 1.41. The van der Waals surface area contributed by atoms with Crippen molar-refractivity contribution in [2.75, 3.05) is 45.0 Å². The summed E-state index contributed by atoms with van der Waals surface area (Å²) in [6.07, 6.45) is 2.20. The number of rotatable bonds is 7. The monoisotopic (exact) mass is 385 g/mol. The molecule has 0 atom stereocenters.